The largest absolute Gasteiger partial charge is 0.493 e. The van der Waals surface area contributed by atoms with E-state index in [-0.39, 0.29) is 17.6 Å². The molecule has 2 aromatic rings. The first kappa shape index (κ1) is 16.5. The van der Waals surface area contributed by atoms with Crippen molar-refractivity contribution in [2.75, 3.05) is 19.7 Å². The summed E-state index contributed by atoms with van der Waals surface area (Å²) in [6.07, 6.45) is 3.80. The first-order chi connectivity index (χ1) is 11.7. The van der Waals surface area contributed by atoms with E-state index in [1.807, 2.05) is 18.0 Å². The van der Waals surface area contributed by atoms with Crippen LogP contribution in [0, 0.1) is 11.7 Å². The Kier molecular flexibility index (Phi) is 5.13. The third kappa shape index (κ3) is 3.93. The Morgan fingerprint density at radius 1 is 1.33 bits per heavy atom. The summed E-state index contributed by atoms with van der Waals surface area (Å²) in [6, 6.07) is 7.79. The molecule has 1 saturated heterocycles. The standard InChI is InChI=1S/C18H22FN3O2/c1-2-22-11-9-17(20-22)18(23)21-10-3-4-14(12-21)13-24-16-7-5-15(19)6-8-16/h5-9,11,14H,2-4,10,12-13H2,1H3. The molecule has 5 nitrogen and oxygen atoms in total. The van der Waals surface area contributed by atoms with Crippen LogP contribution in [0.1, 0.15) is 30.3 Å². The molecule has 1 amide bonds. The van der Waals surface area contributed by atoms with Crippen molar-refractivity contribution in [3.63, 3.8) is 0 Å². The van der Waals surface area contributed by atoms with Gasteiger partial charge in [-0.3, -0.25) is 9.48 Å². The van der Waals surface area contributed by atoms with E-state index in [1.54, 1.807) is 22.9 Å². The predicted molar refractivity (Wildman–Crippen MR) is 88.4 cm³/mol. The van der Waals surface area contributed by atoms with Gasteiger partial charge in [-0.1, -0.05) is 0 Å². The van der Waals surface area contributed by atoms with Crippen LogP contribution in [0.5, 0.6) is 5.75 Å². The third-order valence-corrected chi connectivity index (χ3v) is 4.29. The summed E-state index contributed by atoms with van der Waals surface area (Å²) >= 11 is 0. The molecule has 1 aromatic heterocycles. The Hall–Kier alpha value is -2.37. The average Bonchev–Trinajstić information content (AvgIpc) is 3.10. The molecule has 0 N–H and O–H groups in total. The average molecular weight is 331 g/mol. The number of carbonyl (C=O) groups is 1. The van der Waals surface area contributed by atoms with Gasteiger partial charge >= 0.3 is 0 Å². The summed E-state index contributed by atoms with van der Waals surface area (Å²) in [5.41, 5.74) is 0.497. The van der Waals surface area contributed by atoms with Crippen LogP contribution in [-0.4, -0.2) is 40.3 Å². The maximum atomic E-state index is 12.9. The van der Waals surface area contributed by atoms with Crippen molar-refractivity contribution in [3.05, 3.63) is 48.0 Å². The van der Waals surface area contributed by atoms with Crippen molar-refractivity contribution in [2.45, 2.75) is 26.3 Å². The summed E-state index contributed by atoms with van der Waals surface area (Å²) in [6.45, 7) is 4.69. The number of halogens is 1. The second-order valence-electron chi connectivity index (χ2n) is 6.08. The van der Waals surface area contributed by atoms with Gasteiger partial charge in [0.05, 0.1) is 6.61 Å². The van der Waals surface area contributed by atoms with E-state index in [0.717, 1.165) is 25.9 Å². The molecular weight excluding hydrogens is 309 g/mol. The molecule has 0 aliphatic carbocycles. The topological polar surface area (TPSA) is 47.4 Å². The summed E-state index contributed by atoms with van der Waals surface area (Å²) in [5, 5.41) is 4.29. The molecule has 3 rings (SSSR count). The number of aryl methyl sites for hydroxylation is 1. The summed E-state index contributed by atoms with van der Waals surface area (Å²) in [4.78, 5) is 14.4. The molecular formula is C18H22FN3O2. The Bertz CT molecular complexity index is 684. The molecule has 128 valence electrons. The van der Waals surface area contributed by atoms with E-state index in [1.165, 1.54) is 12.1 Å². The quantitative estimate of drug-likeness (QED) is 0.846. The highest BCUT2D eigenvalue weighted by atomic mass is 19.1. The van der Waals surface area contributed by atoms with Gasteiger partial charge in [0.25, 0.3) is 5.91 Å². The third-order valence-electron chi connectivity index (χ3n) is 4.29. The van der Waals surface area contributed by atoms with E-state index < -0.39 is 0 Å². The molecule has 2 heterocycles. The first-order valence-electron chi connectivity index (χ1n) is 8.37. The minimum atomic E-state index is -0.275. The van der Waals surface area contributed by atoms with Gasteiger partial charge in [0.1, 0.15) is 17.3 Å². The summed E-state index contributed by atoms with van der Waals surface area (Å²) in [5.74, 6) is 0.638. The fourth-order valence-electron chi connectivity index (χ4n) is 2.94. The molecule has 0 bridgehead atoms. The number of carbonyl (C=O) groups excluding carboxylic acids is 1. The number of rotatable bonds is 5. The zero-order valence-corrected chi connectivity index (χ0v) is 13.8. The van der Waals surface area contributed by atoms with Crippen LogP contribution in [0.3, 0.4) is 0 Å². The van der Waals surface area contributed by atoms with Crippen LogP contribution >= 0.6 is 0 Å². The molecule has 1 atom stereocenters. The van der Waals surface area contributed by atoms with Crippen LogP contribution in [0.2, 0.25) is 0 Å². The van der Waals surface area contributed by atoms with Crippen LogP contribution in [0.15, 0.2) is 36.5 Å². The molecule has 24 heavy (non-hydrogen) atoms. The summed E-state index contributed by atoms with van der Waals surface area (Å²) in [7, 11) is 0. The fourth-order valence-corrected chi connectivity index (χ4v) is 2.94. The Morgan fingerprint density at radius 3 is 2.83 bits per heavy atom. The molecule has 1 aromatic carbocycles. The number of hydrogen-bond acceptors (Lipinski definition) is 3. The highest BCUT2D eigenvalue weighted by molar-refractivity contribution is 5.92. The number of nitrogens with zero attached hydrogens (tertiary/aromatic N) is 3. The second kappa shape index (κ2) is 7.47. The Morgan fingerprint density at radius 2 is 2.12 bits per heavy atom. The number of hydrogen-bond donors (Lipinski definition) is 0. The lowest BCUT2D eigenvalue weighted by atomic mass is 9.98. The first-order valence-corrected chi connectivity index (χ1v) is 8.37. The number of benzene rings is 1. The molecule has 0 radical (unpaired) electrons. The van der Waals surface area contributed by atoms with Gasteiger partial charge in [-0.05, 0) is 50.1 Å². The highest BCUT2D eigenvalue weighted by Crippen LogP contribution is 2.20. The molecule has 1 fully saturated rings. The number of piperidine rings is 1. The minimum Gasteiger partial charge on any atom is -0.493 e. The zero-order valence-electron chi connectivity index (χ0n) is 13.8. The number of likely N-dealkylation sites (tertiary alicyclic amines) is 1. The SMILES string of the molecule is CCn1ccc(C(=O)N2CCCC(COc3ccc(F)cc3)C2)n1. The maximum absolute atomic E-state index is 12.9. The Labute approximate surface area is 141 Å². The van der Waals surface area contributed by atoms with Crippen molar-refractivity contribution < 1.29 is 13.9 Å². The lowest BCUT2D eigenvalue weighted by Gasteiger charge is -2.32. The van der Waals surface area contributed by atoms with E-state index in [2.05, 4.69) is 5.10 Å². The Balaban J connectivity index is 1.55. The molecule has 6 heteroatoms. The van der Waals surface area contributed by atoms with Crippen LogP contribution < -0.4 is 4.74 Å². The van der Waals surface area contributed by atoms with Gasteiger partial charge in [0, 0.05) is 31.7 Å². The predicted octanol–water partition coefficient (Wildman–Crippen LogP) is 2.97. The van der Waals surface area contributed by atoms with Crippen molar-refractivity contribution in [2.24, 2.45) is 5.92 Å². The molecule has 1 aliphatic rings. The smallest absolute Gasteiger partial charge is 0.274 e. The lowest BCUT2D eigenvalue weighted by Crippen LogP contribution is -2.41. The summed E-state index contributed by atoms with van der Waals surface area (Å²) < 4.78 is 20.4. The van der Waals surface area contributed by atoms with Crippen molar-refractivity contribution in [1.29, 1.82) is 0 Å². The monoisotopic (exact) mass is 331 g/mol. The van der Waals surface area contributed by atoms with E-state index >= 15 is 0 Å². The number of ether oxygens (including phenoxy) is 1. The van der Waals surface area contributed by atoms with Crippen molar-refractivity contribution in [3.8, 4) is 5.75 Å². The second-order valence-corrected chi connectivity index (χ2v) is 6.08. The van der Waals surface area contributed by atoms with Gasteiger partial charge in [0.2, 0.25) is 0 Å². The van der Waals surface area contributed by atoms with Gasteiger partial charge in [-0.15, -0.1) is 0 Å². The van der Waals surface area contributed by atoms with Crippen molar-refractivity contribution in [1.82, 2.24) is 14.7 Å². The number of aromatic nitrogens is 2. The fraction of sp³-hybridized carbons (Fsp3) is 0.444. The van der Waals surface area contributed by atoms with Gasteiger partial charge in [-0.2, -0.15) is 5.10 Å². The van der Waals surface area contributed by atoms with Crippen molar-refractivity contribution >= 4 is 5.91 Å². The highest BCUT2D eigenvalue weighted by Gasteiger charge is 2.26. The lowest BCUT2D eigenvalue weighted by molar-refractivity contribution is 0.0626. The molecule has 1 unspecified atom stereocenters. The molecule has 0 spiro atoms. The zero-order chi connectivity index (χ0) is 16.9. The normalized spacial score (nSPS) is 17.8. The minimum absolute atomic E-state index is 0.0197. The molecule has 1 aliphatic heterocycles. The van der Waals surface area contributed by atoms with Crippen LogP contribution in [0.25, 0.3) is 0 Å². The van der Waals surface area contributed by atoms with Gasteiger partial charge in [-0.25, -0.2) is 4.39 Å². The van der Waals surface area contributed by atoms with Crippen LogP contribution in [0.4, 0.5) is 4.39 Å². The maximum Gasteiger partial charge on any atom is 0.274 e. The van der Waals surface area contributed by atoms with E-state index in [9.17, 15) is 9.18 Å². The number of amides is 1. The van der Waals surface area contributed by atoms with E-state index in [4.69, 9.17) is 4.74 Å². The van der Waals surface area contributed by atoms with E-state index in [0.29, 0.717) is 24.6 Å². The van der Waals surface area contributed by atoms with Gasteiger partial charge < -0.3 is 9.64 Å². The van der Waals surface area contributed by atoms with Crippen LogP contribution in [-0.2, 0) is 6.54 Å². The molecule has 0 saturated carbocycles. The van der Waals surface area contributed by atoms with Gasteiger partial charge in [0.15, 0.2) is 0 Å².